The number of carbonyl (C=O) groups is 1. The number of aromatic nitrogens is 3. The Balaban J connectivity index is 1.76. The summed E-state index contributed by atoms with van der Waals surface area (Å²) in [6.07, 6.45) is 1.32. The predicted octanol–water partition coefficient (Wildman–Crippen LogP) is 2.73. The highest BCUT2D eigenvalue weighted by molar-refractivity contribution is 7.18. The Hall–Kier alpha value is -2.95. The summed E-state index contributed by atoms with van der Waals surface area (Å²) < 4.78 is 42.5. The number of rotatable bonds is 3. The first-order valence-electron chi connectivity index (χ1n) is 9.32. The minimum absolute atomic E-state index is 0.0128. The smallest absolute Gasteiger partial charge is 0.329 e. The molecule has 0 saturated heterocycles. The largest absolute Gasteiger partial charge is 0.333 e. The Morgan fingerprint density at radius 2 is 2.07 bits per heavy atom. The van der Waals surface area contributed by atoms with E-state index < -0.39 is 40.3 Å². The normalized spacial score (nSPS) is 14.8. The van der Waals surface area contributed by atoms with Gasteiger partial charge >= 0.3 is 5.69 Å². The number of hydrogen-bond donors (Lipinski definition) is 1. The third-order valence-electron chi connectivity index (χ3n) is 5.39. The number of halogens is 3. The van der Waals surface area contributed by atoms with Crippen molar-refractivity contribution in [2.75, 3.05) is 6.54 Å². The second-order valence-electron chi connectivity index (χ2n) is 7.13. The molecule has 1 atom stereocenters. The molecule has 1 aliphatic heterocycles. The summed E-state index contributed by atoms with van der Waals surface area (Å²) in [5.74, 6) is -5.44. The van der Waals surface area contributed by atoms with Crippen LogP contribution in [0.1, 0.15) is 47.1 Å². The zero-order valence-electron chi connectivity index (χ0n) is 16.1. The van der Waals surface area contributed by atoms with Gasteiger partial charge in [0.05, 0.1) is 18.1 Å². The molecule has 0 aliphatic carbocycles. The van der Waals surface area contributed by atoms with Gasteiger partial charge in [0.25, 0.3) is 11.5 Å². The van der Waals surface area contributed by atoms with E-state index >= 15 is 0 Å². The summed E-state index contributed by atoms with van der Waals surface area (Å²) in [6, 6.07) is -0.282. The maximum atomic E-state index is 14.0. The van der Waals surface area contributed by atoms with E-state index in [4.69, 9.17) is 0 Å². The molecule has 1 unspecified atom stereocenters. The Morgan fingerprint density at radius 1 is 1.33 bits per heavy atom. The van der Waals surface area contributed by atoms with Crippen molar-refractivity contribution in [1.29, 1.82) is 0 Å². The van der Waals surface area contributed by atoms with Crippen molar-refractivity contribution in [3.05, 3.63) is 60.6 Å². The molecule has 11 heteroatoms. The number of amides is 1. The summed E-state index contributed by atoms with van der Waals surface area (Å²) in [4.78, 5) is 45.8. The third kappa shape index (κ3) is 3.04. The quantitative estimate of drug-likeness (QED) is 0.637. The van der Waals surface area contributed by atoms with E-state index in [0.29, 0.717) is 33.3 Å². The first-order valence-corrected chi connectivity index (χ1v) is 10.1. The molecule has 158 valence electrons. The van der Waals surface area contributed by atoms with E-state index in [0.717, 1.165) is 11.3 Å². The Morgan fingerprint density at radius 3 is 2.77 bits per heavy atom. The molecule has 30 heavy (non-hydrogen) atoms. The minimum atomic E-state index is -1.64. The molecule has 3 aromatic heterocycles. The minimum Gasteiger partial charge on any atom is -0.333 e. The van der Waals surface area contributed by atoms with Crippen molar-refractivity contribution in [2.45, 2.75) is 39.3 Å². The Labute approximate surface area is 171 Å². The fourth-order valence-electron chi connectivity index (χ4n) is 3.64. The Kier molecular flexibility index (Phi) is 5.00. The number of pyridine rings is 1. The van der Waals surface area contributed by atoms with E-state index in [2.05, 4.69) is 9.97 Å². The van der Waals surface area contributed by atoms with E-state index in [1.807, 2.05) is 6.92 Å². The van der Waals surface area contributed by atoms with Gasteiger partial charge in [-0.25, -0.2) is 18.6 Å². The summed E-state index contributed by atoms with van der Waals surface area (Å²) in [7, 11) is 0. The number of nitrogens with one attached hydrogen (secondary N) is 1. The number of thiophene rings is 1. The first-order chi connectivity index (χ1) is 14.2. The molecule has 1 amide bonds. The van der Waals surface area contributed by atoms with E-state index in [-0.39, 0.29) is 25.6 Å². The molecule has 0 bridgehead atoms. The van der Waals surface area contributed by atoms with Gasteiger partial charge < -0.3 is 4.90 Å². The van der Waals surface area contributed by atoms with Crippen molar-refractivity contribution in [3.8, 4) is 0 Å². The molecule has 4 rings (SSSR count). The summed E-state index contributed by atoms with van der Waals surface area (Å²) >= 11 is 1.15. The molecule has 1 aliphatic rings. The van der Waals surface area contributed by atoms with Crippen molar-refractivity contribution < 1.29 is 18.0 Å². The van der Waals surface area contributed by atoms with E-state index in [9.17, 15) is 27.6 Å². The van der Waals surface area contributed by atoms with Gasteiger partial charge in [-0.05, 0) is 25.3 Å². The van der Waals surface area contributed by atoms with Gasteiger partial charge in [-0.15, -0.1) is 11.3 Å². The first kappa shape index (κ1) is 20.3. The summed E-state index contributed by atoms with van der Waals surface area (Å²) in [5.41, 5.74) is -1.20. The zero-order valence-corrected chi connectivity index (χ0v) is 16.9. The maximum Gasteiger partial charge on any atom is 0.329 e. The summed E-state index contributed by atoms with van der Waals surface area (Å²) in [6.45, 7) is 3.72. The highest BCUT2D eigenvalue weighted by Gasteiger charge is 2.31. The number of carbonyl (C=O) groups excluding carboxylic acids is 1. The van der Waals surface area contributed by atoms with E-state index in [1.54, 1.807) is 6.92 Å². The van der Waals surface area contributed by atoms with Crippen LogP contribution in [0.15, 0.2) is 15.8 Å². The van der Waals surface area contributed by atoms with Crippen LogP contribution in [0.3, 0.4) is 0 Å². The monoisotopic (exact) mass is 438 g/mol. The molecule has 7 nitrogen and oxygen atoms in total. The van der Waals surface area contributed by atoms with Gasteiger partial charge in [-0.2, -0.15) is 4.39 Å². The van der Waals surface area contributed by atoms with Crippen molar-refractivity contribution in [3.63, 3.8) is 0 Å². The van der Waals surface area contributed by atoms with Gasteiger partial charge in [-0.1, -0.05) is 6.92 Å². The molecule has 4 heterocycles. The molecule has 0 radical (unpaired) electrons. The van der Waals surface area contributed by atoms with Crippen LogP contribution in [0.25, 0.3) is 10.2 Å². The molecule has 1 N–H and O–H groups in total. The second kappa shape index (κ2) is 7.38. The lowest BCUT2D eigenvalue weighted by atomic mass is 10.0. The number of nitrogens with zero attached hydrogens (tertiary/aromatic N) is 3. The number of fused-ring (bicyclic) bond motifs is 3. The van der Waals surface area contributed by atoms with Gasteiger partial charge in [0, 0.05) is 17.5 Å². The van der Waals surface area contributed by atoms with Crippen molar-refractivity contribution in [2.24, 2.45) is 0 Å². The van der Waals surface area contributed by atoms with Crippen LogP contribution in [0.4, 0.5) is 13.2 Å². The molecule has 0 aromatic carbocycles. The lowest BCUT2D eigenvalue weighted by Gasteiger charge is -2.27. The van der Waals surface area contributed by atoms with E-state index in [1.165, 1.54) is 9.47 Å². The van der Waals surface area contributed by atoms with Crippen LogP contribution in [0.2, 0.25) is 0 Å². The summed E-state index contributed by atoms with van der Waals surface area (Å²) in [5, 5.41) is 0.398. The topological polar surface area (TPSA) is 88.1 Å². The van der Waals surface area contributed by atoms with Gasteiger partial charge in [0.15, 0.2) is 11.6 Å². The van der Waals surface area contributed by atoms with Crippen LogP contribution in [0, 0.1) is 17.6 Å². The maximum absolute atomic E-state index is 14.0. The molecular weight excluding hydrogens is 421 g/mol. The predicted molar refractivity (Wildman–Crippen MR) is 104 cm³/mol. The fourth-order valence-corrected chi connectivity index (χ4v) is 4.89. The molecular formula is C19H17F3N4O3S. The van der Waals surface area contributed by atoms with Gasteiger partial charge in [0.1, 0.15) is 10.4 Å². The van der Waals surface area contributed by atoms with Crippen LogP contribution >= 0.6 is 11.3 Å². The average molecular weight is 438 g/mol. The standard InChI is InChI=1S/C19H17F3N4O3S/c1-3-8(2)26-18(28)12-9-4-5-25(7-11(9)30-16(12)24-19(26)29)17(27)13-10(20)6-23-15(22)14(13)21/h6,8H,3-5,7H2,1-2H3,(H,24,29). The molecule has 0 saturated carbocycles. The molecule has 0 spiro atoms. The number of aromatic amines is 1. The van der Waals surface area contributed by atoms with Crippen molar-refractivity contribution >= 4 is 27.5 Å². The van der Waals surface area contributed by atoms with Crippen LogP contribution in [-0.4, -0.2) is 31.9 Å². The fraction of sp³-hybridized carbons (Fsp3) is 0.368. The lowest BCUT2D eigenvalue weighted by molar-refractivity contribution is 0.0725. The SMILES string of the molecule is CCC(C)n1c(=O)[nH]c2sc3c(c2c1=O)CCN(C(=O)c1c(F)cnc(F)c1F)C3. The Bertz CT molecular complexity index is 1300. The van der Waals surface area contributed by atoms with Gasteiger partial charge in [0.2, 0.25) is 5.95 Å². The lowest BCUT2D eigenvalue weighted by Crippen LogP contribution is -2.38. The number of hydrogen-bond acceptors (Lipinski definition) is 5. The number of H-pyrrole nitrogens is 1. The van der Waals surface area contributed by atoms with Gasteiger partial charge in [-0.3, -0.25) is 19.1 Å². The van der Waals surface area contributed by atoms with Crippen molar-refractivity contribution in [1.82, 2.24) is 19.4 Å². The zero-order chi connectivity index (χ0) is 21.7. The van der Waals surface area contributed by atoms with Crippen LogP contribution in [-0.2, 0) is 13.0 Å². The highest BCUT2D eigenvalue weighted by Crippen LogP contribution is 2.33. The average Bonchev–Trinajstić information content (AvgIpc) is 3.08. The van der Waals surface area contributed by atoms with Crippen LogP contribution in [0.5, 0.6) is 0 Å². The van der Waals surface area contributed by atoms with Crippen LogP contribution < -0.4 is 11.2 Å². The third-order valence-corrected chi connectivity index (χ3v) is 6.52. The molecule has 3 aromatic rings. The highest BCUT2D eigenvalue weighted by atomic mass is 32.1. The second-order valence-corrected chi connectivity index (χ2v) is 8.24. The molecule has 0 fully saturated rings.